The Bertz CT molecular complexity index is 435. The number of amides is 1. The molecule has 18 heavy (non-hydrogen) atoms. The highest BCUT2D eigenvalue weighted by atomic mass is 32.2. The molecule has 1 N–H and O–H groups in total. The van der Waals surface area contributed by atoms with E-state index in [1.54, 1.807) is 19.1 Å². The van der Waals surface area contributed by atoms with E-state index in [4.69, 9.17) is 4.74 Å². The second kappa shape index (κ2) is 5.91. The van der Waals surface area contributed by atoms with Crippen LogP contribution in [-0.2, 0) is 9.59 Å². The first-order chi connectivity index (χ1) is 8.66. The highest BCUT2D eigenvalue weighted by molar-refractivity contribution is 8.14. The van der Waals surface area contributed by atoms with Gasteiger partial charge in [0.25, 0.3) is 5.91 Å². The lowest BCUT2D eigenvalue weighted by Crippen LogP contribution is -2.44. The fourth-order valence-corrected chi connectivity index (χ4v) is 2.61. The van der Waals surface area contributed by atoms with Gasteiger partial charge in [0.1, 0.15) is 5.75 Å². The van der Waals surface area contributed by atoms with Crippen molar-refractivity contribution in [3.63, 3.8) is 0 Å². The van der Waals surface area contributed by atoms with E-state index in [9.17, 15) is 9.59 Å². The van der Waals surface area contributed by atoms with E-state index in [2.05, 4.69) is 5.32 Å². The van der Waals surface area contributed by atoms with Crippen LogP contribution in [0, 0.1) is 0 Å². The zero-order chi connectivity index (χ0) is 13.0. The molecule has 1 aromatic carbocycles. The summed E-state index contributed by atoms with van der Waals surface area (Å²) in [5.74, 6) is 1.17. The summed E-state index contributed by atoms with van der Waals surface area (Å²) in [5.41, 5.74) is 0. The summed E-state index contributed by atoms with van der Waals surface area (Å²) < 4.78 is 5.49. The van der Waals surface area contributed by atoms with E-state index in [-0.39, 0.29) is 17.1 Å². The van der Waals surface area contributed by atoms with Crippen LogP contribution in [0.3, 0.4) is 0 Å². The lowest BCUT2D eigenvalue weighted by atomic mass is 10.2. The quantitative estimate of drug-likeness (QED) is 0.898. The molecule has 0 radical (unpaired) electrons. The predicted molar refractivity (Wildman–Crippen MR) is 70.5 cm³/mol. The van der Waals surface area contributed by atoms with E-state index >= 15 is 0 Å². The Labute approximate surface area is 110 Å². The normalized spacial score (nSPS) is 20.5. The van der Waals surface area contributed by atoms with Crippen LogP contribution in [0.2, 0.25) is 0 Å². The monoisotopic (exact) mass is 265 g/mol. The van der Waals surface area contributed by atoms with Crippen molar-refractivity contribution in [1.29, 1.82) is 0 Å². The molecule has 1 fully saturated rings. The molecule has 96 valence electrons. The van der Waals surface area contributed by atoms with E-state index < -0.39 is 6.10 Å². The van der Waals surface area contributed by atoms with E-state index in [0.717, 1.165) is 5.75 Å². The van der Waals surface area contributed by atoms with Crippen molar-refractivity contribution in [2.75, 3.05) is 5.75 Å². The SMILES string of the molecule is C[C@@H](Oc1ccccc1)C(=O)N[C@@H]1CCSC1=O. The molecule has 1 amide bonds. The molecular formula is C13H15NO3S. The van der Waals surface area contributed by atoms with Gasteiger partial charge in [0.05, 0.1) is 6.04 Å². The van der Waals surface area contributed by atoms with Crippen LogP contribution in [0.1, 0.15) is 13.3 Å². The molecule has 0 saturated carbocycles. The summed E-state index contributed by atoms with van der Waals surface area (Å²) >= 11 is 1.27. The van der Waals surface area contributed by atoms with Gasteiger partial charge >= 0.3 is 0 Å². The molecule has 1 saturated heterocycles. The van der Waals surface area contributed by atoms with Crippen LogP contribution in [-0.4, -0.2) is 28.9 Å². The van der Waals surface area contributed by atoms with Gasteiger partial charge in [-0.15, -0.1) is 0 Å². The number of nitrogens with one attached hydrogen (secondary N) is 1. The molecular weight excluding hydrogens is 250 g/mol. The summed E-state index contributed by atoms with van der Waals surface area (Å²) in [7, 11) is 0. The molecule has 0 aromatic heterocycles. The van der Waals surface area contributed by atoms with Gasteiger partial charge < -0.3 is 10.1 Å². The minimum atomic E-state index is -0.606. The zero-order valence-electron chi connectivity index (χ0n) is 10.1. The van der Waals surface area contributed by atoms with E-state index in [0.29, 0.717) is 12.2 Å². The Balaban J connectivity index is 1.87. The van der Waals surface area contributed by atoms with Crippen molar-refractivity contribution >= 4 is 22.8 Å². The third-order valence-electron chi connectivity index (χ3n) is 2.68. The van der Waals surface area contributed by atoms with Gasteiger partial charge in [0, 0.05) is 5.75 Å². The fourth-order valence-electron chi connectivity index (χ4n) is 1.67. The number of benzene rings is 1. The molecule has 1 heterocycles. The number of hydrogen-bond acceptors (Lipinski definition) is 4. The van der Waals surface area contributed by atoms with Crippen LogP contribution < -0.4 is 10.1 Å². The first-order valence-electron chi connectivity index (χ1n) is 5.85. The maximum atomic E-state index is 11.9. The van der Waals surface area contributed by atoms with Crippen molar-refractivity contribution in [2.24, 2.45) is 0 Å². The standard InChI is InChI=1S/C13H15NO3S/c1-9(17-10-5-3-2-4-6-10)12(15)14-11-7-8-18-13(11)16/h2-6,9,11H,7-8H2,1H3,(H,14,15)/t9-,11-/m1/s1. The van der Waals surface area contributed by atoms with Gasteiger partial charge in [0.2, 0.25) is 5.12 Å². The lowest BCUT2D eigenvalue weighted by molar-refractivity contribution is -0.129. The number of hydrogen-bond donors (Lipinski definition) is 1. The van der Waals surface area contributed by atoms with Crippen molar-refractivity contribution in [3.8, 4) is 5.75 Å². The third-order valence-corrected chi connectivity index (χ3v) is 3.69. The van der Waals surface area contributed by atoms with Gasteiger partial charge in [-0.2, -0.15) is 0 Å². The first kappa shape index (κ1) is 13.0. The smallest absolute Gasteiger partial charge is 0.261 e. The predicted octanol–water partition coefficient (Wildman–Crippen LogP) is 1.60. The lowest BCUT2D eigenvalue weighted by Gasteiger charge is -2.16. The van der Waals surface area contributed by atoms with Gasteiger partial charge in [-0.05, 0) is 25.5 Å². The van der Waals surface area contributed by atoms with Gasteiger partial charge in [-0.25, -0.2) is 0 Å². The van der Waals surface area contributed by atoms with Crippen molar-refractivity contribution in [3.05, 3.63) is 30.3 Å². The maximum absolute atomic E-state index is 11.9. The Kier molecular flexibility index (Phi) is 4.25. The maximum Gasteiger partial charge on any atom is 0.261 e. The molecule has 1 aromatic rings. The largest absolute Gasteiger partial charge is 0.481 e. The number of para-hydroxylation sites is 1. The Hall–Kier alpha value is -1.49. The van der Waals surface area contributed by atoms with Crippen molar-refractivity contribution < 1.29 is 14.3 Å². The molecule has 1 aliphatic rings. The summed E-state index contributed by atoms with van der Waals surface area (Å²) in [6.45, 7) is 1.68. The highest BCUT2D eigenvalue weighted by Crippen LogP contribution is 2.19. The van der Waals surface area contributed by atoms with Gasteiger partial charge in [-0.1, -0.05) is 30.0 Å². The second-order valence-corrected chi connectivity index (χ2v) is 5.19. The van der Waals surface area contributed by atoms with E-state index in [1.807, 2.05) is 18.2 Å². The average molecular weight is 265 g/mol. The Morgan fingerprint density at radius 3 is 2.78 bits per heavy atom. The molecule has 2 atom stereocenters. The average Bonchev–Trinajstić information content (AvgIpc) is 2.76. The number of rotatable bonds is 4. The summed E-state index contributed by atoms with van der Waals surface area (Å²) in [6.07, 6.45) is 0.0959. The molecule has 0 aliphatic carbocycles. The van der Waals surface area contributed by atoms with Crippen LogP contribution in [0.25, 0.3) is 0 Å². The van der Waals surface area contributed by atoms with Crippen LogP contribution >= 0.6 is 11.8 Å². The fraction of sp³-hybridized carbons (Fsp3) is 0.385. The molecule has 1 aliphatic heterocycles. The Morgan fingerprint density at radius 1 is 1.44 bits per heavy atom. The van der Waals surface area contributed by atoms with E-state index in [1.165, 1.54) is 11.8 Å². The van der Waals surface area contributed by atoms with Crippen LogP contribution in [0.15, 0.2) is 30.3 Å². The number of thioether (sulfide) groups is 1. The van der Waals surface area contributed by atoms with Gasteiger partial charge in [-0.3, -0.25) is 9.59 Å². The minimum Gasteiger partial charge on any atom is -0.481 e. The topological polar surface area (TPSA) is 55.4 Å². The van der Waals surface area contributed by atoms with Crippen LogP contribution in [0.5, 0.6) is 5.75 Å². The molecule has 5 heteroatoms. The minimum absolute atomic E-state index is 0.0373. The second-order valence-electron chi connectivity index (χ2n) is 4.09. The van der Waals surface area contributed by atoms with Crippen LogP contribution in [0.4, 0.5) is 0 Å². The highest BCUT2D eigenvalue weighted by Gasteiger charge is 2.28. The molecule has 0 bridgehead atoms. The summed E-state index contributed by atoms with van der Waals surface area (Å²) in [6, 6.07) is 8.80. The molecule has 2 rings (SSSR count). The summed E-state index contributed by atoms with van der Waals surface area (Å²) in [5, 5.41) is 2.75. The number of ether oxygens (including phenoxy) is 1. The molecule has 4 nitrogen and oxygen atoms in total. The number of carbonyl (C=O) groups excluding carboxylic acids is 2. The number of carbonyl (C=O) groups is 2. The Morgan fingerprint density at radius 2 is 2.17 bits per heavy atom. The molecule has 0 spiro atoms. The molecule has 0 unspecified atom stereocenters. The first-order valence-corrected chi connectivity index (χ1v) is 6.84. The van der Waals surface area contributed by atoms with Crippen molar-refractivity contribution in [2.45, 2.75) is 25.5 Å². The van der Waals surface area contributed by atoms with Crippen molar-refractivity contribution in [1.82, 2.24) is 5.32 Å². The summed E-state index contributed by atoms with van der Waals surface area (Å²) in [4.78, 5) is 23.2. The van der Waals surface area contributed by atoms with Gasteiger partial charge in [0.15, 0.2) is 6.10 Å². The zero-order valence-corrected chi connectivity index (χ0v) is 10.9. The third kappa shape index (κ3) is 3.26.